The molecule has 0 aliphatic carbocycles. The van der Waals surface area contributed by atoms with Crippen LogP contribution in [0.4, 0.5) is 23.1 Å². The maximum absolute atomic E-state index is 8.86. The number of aryl methyl sites for hydroxylation is 2. The average Bonchev–Trinajstić information content (AvgIpc) is 2.65. The molecule has 0 atom stereocenters. The Morgan fingerprint density at radius 3 is 2.35 bits per heavy atom. The van der Waals surface area contributed by atoms with Crippen molar-refractivity contribution >= 4 is 29.2 Å². The summed E-state index contributed by atoms with van der Waals surface area (Å²) in [7, 11) is 0. The molecule has 2 N–H and O–H groups in total. The third-order valence-corrected chi connectivity index (χ3v) is 3.97. The fourth-order valence-electron chi connectivity index (χ4n) is 2.69. The summed E-state index contributed by atoms with van der Waals surface area (Å²) in [6, 6.07) is 15.2. The lowest BCUT2D eigenvalue weighted by atomic mass is 10.0. The van der Waals surface area contributed by atoms with Gasteiger partial charge in [-0.3, -0.25) is 0 Å². The quantitative estimate of drug-likeness (QED) is 0.676. The monoisotopic (exact) mass is 341 g/mol. The van der Waals surface area contributed by atoms with Crippen molar-refractivity contribution < 1.29 is 0 Å². The van der Waals surface area contributed by atoms with Gasteiger partial charge < -0.3 is 10.6 Å². The Morgan fingerprint density at radius 1 is 1.04 bits per heavy atom. The normalized spacial score (nSPS) is 10.0. The van der Waals surface area contributed by atoms with Crippen LogP contribution in [0.5, 0.6) is 0 Å². The van der Waals surface area contributed by atoms with E-state index >= 15 is 0 Å². The Hall–Kier alpha value is -3.65. The zero-order valence-electron chi connectivity index (χ0n) is 14.7. The number of nitriles is 1. The number of rotatable bonds is 5. The second-order valence-corrected chi connectivity index (χ2v) is 5.94. The summed E-state index contributed by atoms with van der Waals surface area (Å²) in [4.78, 5) is 8.76. The smallest absolute Gasteiger partial charge is 0.229 e. The molecule has 2 aromatic carbocycles. The van der Waals surface area contributed by atoms with Gasteiger partial charge in [-0.1, -0.05) is 12.7 Å². The molecule has 5 nitrogen and oxygen atoms in total. The molecule has 26 heavy (non-hydrogen) atoms. The van der Waals surface area contributed by atoms with Gasteiger partial charge in [-0.15, -0.1) is 0 Å². The Balaban J connectivity index is 1.81. The van der Waals surface area contributed by atoms with E-state index < -0.39 is 0 Å². The van der Waals surface area contributed by atoms with Gasteiger partial charge in [0.1, 0.15) is 5.82 Å². The third-order valence-electron chi connectivity index (χ3n) is 3.97. The van der Waals surface area contributed by atoms with E-state index in [9.17, 15) is 0 Å². The molecule has 0 aliphatic rings. The van der Waals surface area contributed by atoms with Gasteiger partial charge in [0.05, 0.1) is 11.6 Å². The Morgan fingerprint density at radius 2 is 1.73 bits per heavy atom. The van der Waals surface area contributed by atoms with E-state index in [-0.39, 0.29) is 0 Å². The van der Waals surface area contributed by atoms with Crippen molar-refractivity contribution in [1.82, 2.24) is 9.97 Å². The lowest BCUT2D eigenvalue weighted by Crippen LogP contribution is -2.02. The molecule has 0 radical (unpaired) electrons. The van der Waals surface area contributed by atoms with Crippen LogP contribution in [0.15, 0.2) is 55.2 Å². The predicted molar refractivity (Wildman–Crippen MR) is 106 cm³/mol. The van der Waals surface area contributed by atoms with Crippen LogP contribution in [-0.4, -0.2) is 9.97 Å². The van der Waals surface area contributed by atoms with Gasteiger partial charge in [0, 0.05) is 17.6 Å². The highest BCUT2D eigenvalue weighted by Gasteiger charge is 2.07. The molecule has 0 amide bonds. The summed E-state index contributed by atoms with van der Waals surface area (Å²) in [5.74, 6) is 1.19. The third kappa shape index (κ3) is 3.87. The molecule has 0 saturated heterocycles. The first kappa shape index (κ1) is 17.2. The fraction of sp³-hybridized carbons (Fsp3) is 0.0952. The van der Waals surface area contributed by atoms with Crippen LogP contribution >= 0.6 is 0 Å². The number of hydrogen-bond donors (Lipinski definition) is 2. The van der Waals surface area contributed by atoms with Crippen LogP contribution in [0, 0.1) is 25.2 Å². The molecule has 0 unspecified atom stereocenters. The van der Waals surface area contributed by atoms with Crippen LogP contribution in [-0.2, 0) is 0 Å². The summed E-state index contributed by atoms with van der Waals surface area (Å²) < 4.78 is 0. The van der Waals surface area contributed by atoms with E-state index in [1.54, 1.807) is 18.3 Å². The molecular formula is C21H19N5. The maximum Gasteiger partial charge on any atom is 0.229 e. The second-order valence-electron chi connectivity index (χ2n) is 5.94. The Bertz CT molecular complexity index is 961. The topological polar surface area (TPSA) is 73.6 Å². The SMILES string of the molecule is C=Cc1cc(C)c(Nc2ccnc(Nc3ccc(C#N)cc3)n2)c(C)c1. The highest BCUT2D eigenvalue weighted by molar-refractivity contribution is 5.68. The van der Waals surface area contributed by atoms with Crippen LogP contribution in [0.2, 0.25) is 0 Å². The minimum absolute atomic E-state index is 0.484. The molecule has 0 spiro atoms. The van der Waals surface area contributed by atoms with Crippen molar-refractivity contribution in [3.05, 3.63) is 77.5 Å². The molecule has 0 bridgehead atoms. The molecule has 1 heterocycles. The van der Waals surface area contributed by atoms with Crippen molar-refractivity contribution in [3.63, 3.8) is 0 Å². The van der Waals surface area contributed by atoms with Gasteiger partial charge in [-0.2, -0.15) is 10.2 Å². The molecule has 1 aromatic heterocycles. The van der Waals surface area contributed by atoms with Crippen LogP contribution in [0.25, 0.3) is 6.08 Å². The molecular weight excluding hydrogens is 322 g/mol. The summed E-state index contributed by atoms with van der Waals surface area (Å²) in [5.41, 5.74) is 5.81. The molecule has 0 aliphatic heterocycles. The zero-order chi connectivity index (χ0) is 18.5. The molecule has 0 fully saturated rings. The van der Waals surface area contributed by atoms with Gasteiger partial charge in [-0.05, 0) is 73.0 Å². The largest absolute Gasteiger partial charge is 0.340 e. The van der Waals surface area contributed by atoms with Gasteiger partial charge in [-0.25, -0.2) is 4.98 Å². The standard InChI is InChI=1S/C21H19N5/c1-4-16-11-14(2)20(15(3)12-16)25-19-9-10-23-21(26-19)24-18-7-5-17(13-22)6-8-18/h4-12H,1H2,2-3H3,(H2,23,24,25,26). The molecule has 3 aromatic rings. The number of hydrogen-bond acceptors (Lipinski definition) is 5. The van der Waals surface area contributed by atoms with E-state index in [1.807, 2.05) is 24.3 Å². The number of benzene rings is 2. The number of anilines is 4. The number of nitrogens with zero attached hydrogens (tertiary/aromatic N) is 3. The maximum atomic E-state index is 8.86. The summed E-state index contributed by atoms with van der Waals surface area (Å²) in [6.45, 7) is 7.93. The summed E-state index contributed by atoms with van der Waals surface area (Å²) in [6.07, 6.45) is 3.54. The van der Waals surface area contributed by atoms with Crippen molar-refractivity contribution in [2.24, 2.45) is 0 Å². The minimum Gasteiger partial charge on any atom is -0.340 e. The lowest BCUT2D eigenvalue weighted by Gasteiger charge is -2.14. The summed E-state index contributed by atoms with van der Waals surface area (Å²) >= 11 is 0. The van der Waals surface area contributed by atoms with Gasteiger partial charge in [0.25, 0.3) is 0 Å². The fourth-order valence-corrected chi connectivity index (χ4v) is 2.69. The Kier molecular flexibility index (Phi) is 4.95. The lowest BCUT2D eigenvalue weighted by molar-refractivity contribution is 1.16. The summed E-state index contributed by atoms with van der Waals surface area (Å²) in [5, 5.41) is 15.4. The van der Waals surface area contributed by atoms with Gasteiger partial charge in [0.15, 0.2) is 0 Å². The zero-order valence-corrected chi connectivity index (χ0v) is 14.7. The molecule has 128 valence electrons. The average molecular weight is 341 g/mol. The van der Waals surface area contributed by atoms with Crippen molar-refractivity contribution in [2.75, 3.05) is 10.6 Å². The Labute approximate surface area is 153 Å². The van der Waals surface area contributed by atoms with Crippen LogP contribution in [0.3, 0.4) is 0 Å². The highest BCUT2D eigenvalue weighted by atomic mass is 15.1. The van der Waals surface area contributed by atoms with Gasteiger partial charge >= 0.3 is 0 Å². The second kappa shape index (κ2) is 7.49. The molecule has 3 rings (SSSR count). The van der Waals surface area contributed by atoms with Crippen molar-refractivity contribution in [3.8, 4) is 6.07 Å². The van der Waals surface area contributed by atoms with Crippen LogP contribution in [0.1, 0.15) is 22.3 Å². The molecule has 5 heteroatoms. The van der Waals surface area contributed by atoms with E-state index in [2.05, 4.69) is 59.2 Å². The first-order valence-corrected chi connectivity index (χ1v) is 8.20. The van der Waals surface area contributed by atoms with Crippen molar-refractivity contribution in [1.29, 1.82) is 5.26 Å². The first-order chi connectivity index (χ1) is 12.6. The van der Waals surface area contributed by atoms with E-state index in [0.717, 1.165) is 28.1 Å². The van der Waals surface area contributed by atoms with Gasteiger partial charge in [0.2, 0.25) is 5.95 Å². The van der Waals surface area contributed by atoms with E-state index in [4.69, 9.17) is 5.26 Å². The van der Waals surface area contributed by atoms with Crippen LogP contribution < -0.4 is 10.6 Å². The minimum atomic E-state index is 0.484. The van der Waals surface area contributed by atoms with E-state index in [1.165, 1.54) is 0 Å². The molecule has 0 saturated carbocycles. The number of nitrogens with one attached hydrogen (secondary N) is 2. The van der Waals surface area contributed by atoms with E-state index in [0.29, 0.717) is 17.3 Å². The first-order valence-electron chi connectivity index (χ1n) is 8.20. The number of aromatic nitrogens is 2. The highest BCUT2D eigenvalue weighted by Crippen LogP contribution is 2.26. The predicted octanol–water partition coefficient (Wildman–Crippen LogP) is 5.10. The van der Waals surface area contributed by atoms with Crippen molar-refractivity contribution in [2.45, 2.75) is 13.8 Å².